The topological polar surface area (TPSA) is 86.1 Å². The fraction of sp³-hybridized carbons (Fsp3) is 0.333. The molecule has 10 heteroatoms. The summed E-state index contributed by atoms with van der Waals surface area (Å²) in [6.07, 6.45) is 0.651. The molecule has 7 nitrogen and oxygen atoms in total. The van der Waals surface area contributed by atoms with E-state index in [0.29, 0.717) is 39.3 Å². The highest BCUT2D eigenvalue weighted by Gasteiger charge is 2.24. The van der Waals surface area contributed by atoms with Crippen LogP contribution in [0.25, 0.3) is 0 Å². The van der Waals surface area contributed by atoms with Crippen molar-refractivity contribution in [3.63, 3.8) is 0 Å². The van der Waals surface area contributed by atoms with Gasteiger partial charge in [-0.1, -0.05) is 48.8 Å². The van der Waals surface area contributed by atoms with Crippen molar-refractivity contribution < 1.29 is 14.3 Å². The first kappa shape index (κ1) is 26.1. The highest BCUT2D eigenvalue weighted by atomic mass is 35.5. The first-order chi connectivity index (χ1) is 16.2. The van der Waals surface area contributed by atoms with Gasteiger partial charge in [-0.2, -0.15) is 0 Å². The van der Waals surface area contributed by atoms with Crippen LogP contribution in [0.2, 0.25) is 10.0 Å². The Bertz CT molecular complexity index is 1170. The van der Waals surface area contributed by atoms with Gasteiger partial charge >= 0.3 is 0 Å². The zero-order valence-corrected chi connectivity index (χ0v) is 21.7. The van der Waals surface area contributed by atoms with E-state index in [1.54, 1.807) is 43.5 Å². The zero-order valence-electron chi connectivity index (χ0n) is 19.3. The largest absolute Gasteiger partial charge is 0.497 e. The summed E-state index contributed by atoms with van der Waals surface area (Å²) in [4.78, 5) is 25.5. The van der Waals surface area contributed by atoms with E-state index in [2.05, 4.69) is 29.4 Å². The highest BCUT2D eigenvalue weighted by Crippen LogP contribution is 2.26. The molecule has 0 bridgehead atoms. The number of carbonyl (C=O) groups is 2. The molecule has 1 heterocycles. The predicted molar refractivity (Wildman–Crippen MR) is 135 cm³/mol. The van der Waals surface area contributed by atoms with Crippen LogP contribution in [-0.2, 0) is 7.05 Å². The van der Waals surface area contributed by atoms with Crippen molar-refractivity contribution in [2.24, 2.45) is 13.0 Å². The molecule has 0 radical (unpaired) electrons. The molecular formula is C24H26Cl2N4O3S. The zero-order chi connectivity index (χ0) is 24.8. The van der Waals surface area contributed by atoms with Crippen LogP contribution in [0.1, 0.15) is 52.9 Å². The molecule has 1 N–H and O–H groups in total. The van der Waals surface area contributed by atoms with Crippen LogP contribution in [-0.4, -0.2) is 39.3 Å². The van der Waals surface area contributed by atoms with E-state index in [9.17, 15) is 9.59 Å². The molecule has 0 spiro atoms. The lowest BCUT2D eigenvalue weighted by molar-refractivity contribution is 0.0928. The van der Waals surface area contributed by atoms with Crippen LogP contribution in [0.3, 0.4) is 0 Å². The molecule has 3 rings (SSSR count). The number of hydrogen-bond acceptors (Lipinski definition) is 6. The summed E-state index contributed by atoms with van der Waals surface area (Å²) in [6, 6.07) is 11.3. The Morgan fingerprint density at radius 1 is 1.12 bits per heavy atom. The summed E-state index contributed by atoms with van der Waals surface area (Å²) in [5, 5.41) is 12.9. The number of nitrogens with zero attached hydrogens (tertiary/aromatic N) is 3. The van der Waals surface area contributed by atoms with Gasteiger partial charge in [0, 0.05) is 17.6 Å². The summed E-state index contributed by atoms with van der Waals surface area (Å²) in [7, 11) is 3.40. The average Bonchev–Trinajstić information content (AvgIpc) is 3.16. The molecule has 0 saturated carbocycles. The molecular weight excluding hydrogens is 495 g/mol. The molecule has 1 atom stereocenters. The number of ketones is 1. The maximum absolute atomic E-state index is 12.9. The molecule has 2 aromatic carbocycles. The second-order valence-electron chi connectivity index (χ2n) is 8.12. The van der Waals surface area contributed by atoms with Crippen molar-refractivity contribution >= 4 is 46.7 Å². The number of nitrogens with one attached hydrogen (secondary N) is 1. The molecule has 0 aliphatic rings. The normalized spacial score (nSPS) is 12.0. The SMILES string of the molecule is COc1ccc(C(=O)CSc2nnc([C@H](CC(C)C)NC(=O)c3ccc(Cl)cc3Cl)n2C)cc1. The van der Waals surface area contributed by atoms with Gasteiger partial charge in [-0.25, -0.2) is 0 Å². The van der Waals surface area contributed by atoms with Crippen LogP contribution in [0.5, 0.6) is 5.75 Å². The Kier molecular flexibility index (Phi) is 8.99. The van der Waals surface area contributed by atoms with Gasteiger partial charge in [0.2, 0.25) is 0 Å². The molecule has 1 amide bonds. The minimum atomic E-state index is -0.386. The maximum Gasteiger partial charge on any atom is 0.253 e. The Morgan fingerprint density at radius 2 is 1.82 bits per heavy atom. The molecule has 0 aliphatic heterocycles. The Balaban J connectivity index is 1.73. The predicted octanol–water partition coefficient (Wildman–Crippen LogP) is 5.62. The summed E-state index contributed by atoms with van der Waals surface area (Å²) in [6.45, 7) is 4.13. The van der Waals surface area contributed by atoms with Crippen molar-refractivity contribution in [3.05, 3.63) is 69.5 Å². The number of aromatic nitrogens is 3. The smallest absolute Gasteiger partial charge is 0.253 e. The van der Waals surface area contributed by atoms with E-state index in [4.69, 9.17) is 27.9 Å². The number of Topliss-reactive ketones (excluding diaryl/α,β-unsaturated/α-hetero) is 1. The van der Waals surface area contributed by atoms with Crippen LogP contribution < -0.4 is 10.1 Å². The van der Waals surface area contributed by atoms with Gasteiger partial charge in [-0.15, -0.1) is 10.2 Å². The van der Waals surface area contributed by atoms with Gasteiger partial charge in [0.15, 0.2) is 16.8 Å². The molecule has 0 unspecified atom stereocenters. The molecule has 0 saturated heterocycles. The van der Waals surface area contributed by atoms with Gasteiger partial charge in [0.1, 0.15) is 5.75 Å². The lowest BCUT2D eigenvalue weighted by Crippen LogP contribution is -2.31. The van der Waals surface area contributed by atoms with Crippen molar-refractivity contribution in [1.29, 1.82) is 0 Å². The van der Waals surface area contributed by atoms with Crippen LogP contribution >= 0.6 is 35.0 Å². The van der Waals surface area contributed by atoms with E-state index in [1.807, 2.05) is 11.6 Å². The summed E-state index contributed by atoms with van der Waals surface area (Å²) >= 11 is 13.5. The van der Waals surface area contributed by atoms with Crippen molar-refractivity contribution in [1.82, 2.24) is 20.1 Å². The second kappa shape index (κ2) is 11.7. The van der Waals surface area contributed by atoms with E-state index in [-0.39, 0.29) is 34.4 Å². The van der Waals surface area contributed by atoms with E-state index in [1.165, 1.54) is 17.8 Å². The van der Waals surface area contributed by atoms with Crippen LogP contribution in [0.15, 0.2) is 47.6 Å². The Labute approximate surface area is 213 Å². The lowest BCUT2D eigenvalue weighted by Gasteiger charge is -2.20. The molecule has 34 heavy (non-hydrogen) atoms. The van der Waals surface area contributed by atoms with Crippen LogP contribution in [0.4, 0.5) is 0 Å². The summed E-state index contributed by atoms with van der Waals surface area (Å²) in [5.74, 6) is 1.45. The number of methoxy groups -OCH3 is 1. The fourth-order valence-electron chi connectivity index (χ4n) is 3.36. The molecule has 180 valence electrons. The highest BCUT2D eigenvalue weighted by molar-refractivity contribution is 7.99. The number of carbonyl (C=O) groups excluding carboxylic acids is 2. The number of thioether (sulfide) groups is 1. The van der Waals surface area contributed by atoms with Crippen molar-refractivity contribution in [3.8, 4) is 5.75 Å². The Hall–Kier alpha value is -2.55. The van der Waals surface area contributed by atoms with Gasteiger partial charge in [0.25, 0.3) is 5.91 Å². The Morgan fingerprint density at radius 3 is 2.44 bits per heavy atom. The van der Waals surface area contributed by atoms with Gasteiger partial charge < -0.3 is 14.6 Å². The number of benzene rings is 2. The molecule has 3 aromatic rings. The van der Waals surface area contributed by atoms with Crippen molar-refractivity contribution in [2.45, 2.75) is 31.5 Å². The number of amides is 1. The molecule has 1 aromatic heterocycles. The van der Waals surface area contributed by atoms with E-state index < -0.39 is 0 Å². The number of halogens is 2. The molecule has 0 aliphatic carbocycles. The number of ether oxygens (including phenoxy) is 1. The first-order valence-electron chi connectivity index (χ1n) is 10.6. The average molecular weight is 521 g/mol. The third-order valence-electron chi connectivity index (χ3n) is 5.11. The second-order valence-corrected chi connectivity index (χ2v) is 9.91. The minimum Gasteiger partial charge on any atom is -0.497 e. The lowest BCUT2D eigenvalue weighted by atomic mass is 10.0. The van der Waals surface area contributed by atoms with E-state index in [0.717, 1.165) is 0 Å². The van der Waals surface area contributed by atoms with Gasteiger partial charge in [0.05, 0.1) is 29.5 Å². The minimum absolute atomic E-state index is 0.0263. The third kappa shape index (κ3) is 6.52. The van der Waals surface area contributed by atoms with Gasteiger partial charge in [-0.3, -0.25) is 9.59 Å². The number of rotatable bonds is 10. The number of hydrogen-bond donors (Lipinski definition) is 1. The quantitative estimate of drug-likeness (QED) is 0.275. The molecule has 0 fully saturated rings. The van der Waals surface area contributed by atoms with Crippen molar-refractivity contribution in [2.75, 3.05) is 12.9 Å². The van der Waals surface area contributed by atoms with Crippen LogP contribution in [0, 0.1) is 5.92 Å². The monoisotopic (exact) mass is 520 g/mol. The fourth-order valence-corrected chi connectivity index (χ4v) is 4.66. The maximum atomic E-state index is 12.9. The van der Waals surface area contributed by atoms with E-state index >= 15 is 0 Å². The third-order valence-corrected chi connectivity index (χ3v) is 6.68. The van der Waals surface area contributed by atoms with Gasteiger partial charge in [-0.05, 0) is 54.8 Å². The standard InChI is InChI=1S/C24H26Cl2N4O3S/c1-14(2)11-20(27-23(32)18-10-7-16(25)12-19(18)26)22-28-29-24(30(22)3)34-13-21(31)15-5-8-17(33-4)9-6-15/h5-10,12,14,20H,11,13H2,1-4H3,(H,27,32)/t20-/m0/s1. The summed E-state index contributed by atoms with van der Waals surface area (Å²) < 4.78 is 6.94. The summed E-state index contributed by atoms with van der Waals surface area (Å²) in [5.41, 5.74) is 0.933. The first-order valence-corrected chi connectivity index (χ1v) is 12.4.